The highest BCUT2D eigenvalue weighted by Crippen LogP contribution is 2.26. The topological polar surface area (TPSA) is 68.0 Å². The molecule has 1 aliphatic rings. The zero-order valence-electron chi connectivity index (χ0n) is 14.9. The van der Waals surface area contributed by atoms with Crippen molar-refractivity contribution in [2.75, 3.05) is 6.54 Å². The van der Waals surface area contributed by atoms with Crippen LogP contribution in [0.4, 0.5) is 0 Å². The predicted molar refractivity (Wildman–Crippen MR) is 99.7 cm³/mol. The van der Waals surface area contributed by atoms with Gasteiger partial charge in [-0.2, -0.15) is 5.10 Å². The maximum absolute atomic E-state index is 12.4. The van der Waals surface area contributed by atoms with Crippen molar-refractivity contribution in [1.29, 1.82) is 0 Å². The lowest BCUT2D eigenvalue weighted by atomic mass is 10.2. The van der Waals surface area contributed by atoms with E-state index in [1.54, 1.807) is 11.3 Å². The molecule has 3 aromatic heterocycles. The first-order valence-corrected chi connectivity index (χ1v) is 9.57. The van der Waals surface area contributed by atoms with E-state index < -0.39 is 0 Å². The molecule has 4 rings (SSSR count). The number of nitrogens with zero attached hydrogens (tertiary/aromatic N) is 5. The highest BCUT2D eigenvalue weighted by atomic mass is 32.1. The summed E-state index contributed by atoms with van der Waals surface area (Å²) < 4.78 is 3.92. The smallest absolute Gasteiger partial charge is 0.271 e. The molecule has 26 heavy (non-hydrogen) atoms. The molecule has 1 aliphatic heterocycles. The summed E-state index contributed by atoms with van der Waals surface area (Å²) in [5.41, 5.74) is 1.68. The number of nitrogens with one attached hydrogen (secondary N) is 1. The van der Waals surface area contributed by atoms with E-state index in [1.807, 2.05) is 47.8 Å². The Morgan fingerprint density at radius 1 is 1.38 bits per heavy atom. The molecule has 0 aliphatic carbocycles. The summed E-state index contributed by atoms with van der Waals surface area (Å²) in [6.45, 7) is 5.28. The van der Waals surface area contributed by atoms with E-state index in [2.05, 4.69) is 31.8 Å². The summed E-state index contributed by atoms with van der Waals surface area (Å²) in [4.78, 5) is 20.6. The lowest BCUT2D eigenvalue weighted by Gasteiger charge is -2.33. The van der Waals surface area contributed by atoms with Gasteiger partial charge in [0.1, 0.15) is 11.5 Å². The average Bonchev–Trinajstić information content (AvgIpc) is 3.36. The van der Waals surface area contributed by atoms with Crippen LogP contribution >= 0.6 is 11.3 Å². The fourth-order valence-corrected chi connectivity index (χ4v) is 3.96. The molecule has 1 amide bonds. The van der Waals surface area contributed by atoms with Crippen LogP contribution in [-0.4, -0.2) is 36.7 Å². The van der Waals surface area contributed by atoms with Crippen LogP contribution in [0.15, 0.2) is 36.1 Å². The number of thiophene rings is 1. The summed E-state index contributed by atoms with van der Waals surface area (Å²) in [6.07, 6.45) is 5.81. The summed E-state index contributed by atoms with van der Waals surface area (Å²) >= 11 is 1.64. The molecule has 4 heterocycles. The van der Waals surface area contributed by atoms with Crippen molar-refractivity contribution >= 4 is 17.2 Å². The highest BCUT2D eigenvalue weighted by molar-refractivity contribution is 7.09. The van der Waals surface area contributed by atoms with Crippen LogP contribution in [-0.2, 0) is 26.7 Å². The van der Waals surface area contributed by atoms with Crippen molar-refractivity contribution in [3.63, 3.8) is 0 Å². The first kappa shape index (κ1) is 17.0. The fourth-order valence-electron chi connectivity index (χ4n) is 3.32. The number of hydrogen-bond acceptors (Lipinski definition) is 5. The van der Waals surface area contributed by atoms with Gasteiger partial charge in [-0.1, -0.05) is 6.07 Å². The van der Waals surface area contributed by atoms with Gasteiger partial charge in [-0.3, -0.25) is 14.4 Å². The van der Waals surface area contributed by atoms with Crippen molar-refractivity contribution in [2.45, 2.75) is 32.6 Å². The summed E-state index contributed by atoms with van der Waals surface area (Å²) in [5.74, 6) is 0.827. The van der Waals surface area contributed by atoms with Gasteiger partial charge in [-0.25, -0.2) is 4.98 Å². The standard InChI is InChI=1S/C18H22N6OS/c1-13-17-21-16(18(25)19-9-15-4-3-7-26-15)12-24(17)6-5-23(13)11-14-8-20-22(2)10-14/h3-4,7-8,10,12-13H,5-6,9,11H2,1-2H3,(H,19,25). The molecule has 0 aromatic carbocycles. The largest absolute Gasteiger partial charge is 0.346 e. The average molecular weight is 370 g/mol. The van der Waals surface area contributed by atoms with Crippen LogP contribution < -0.4 is 5.32 Å². The number of carbonyl (C=O) groups is 1. The summed E-state index contributed by atoms with van der Waals surface area (Å²) in [5, 5.41) is 9.20. The number of carbonyl (C=O) groups excluding carboxylic acids is 1. The van der Waals surface area contributed by atoms with E-state index >= 15 is 0 Å². The highest BCUT2D eigenvalue weighted by Gasteiger charge is 2.27. The van der Waals surface area contributed by atoms with Crippen molar-refractivity contribution in [3.8, 4) is 0 Å². The Bertz CT molecular complexity index is 897. The van der Waals surface area contributed by atoms with Gasteiger partial charge in [0.2, 0.25) is 0 Å². The maximum atomic E-state index is 12.4. The van der Waals surface area contributed by atoms with E-state index in [-0.39, 0.29) is 11.9 Å². The Labute approximate surface area is 156 Å². The van der Waals surface area contributed by atoms with Gasteiger partial charge in [0, 0.05) is 49.5 Å². The Morgan fingerprint density at radius 3 is 3.00 bits per heavy atom. The molecule has 0 fully saturated rings. The molecule has 1 N–H and O–H groups in total. The van der Waals surface area contributed by atoms with Gasteiger partial charge in [0.15, 0.2) is 0 Å². The molecule has 0 saturated heterocycles. The minimum absolute atomic E-state index is 0.119. The molecular formula is C18H22N6OS. The second kappa shape index (κ2) is 7.05. The lowest BCUT2D eigenvalue weighted by Crippen LogP contribution is -2.36. The monoisotopic (exact) mass is 370 g/mol. The minimum Gasteiger partial charge on any atom is -0.346 e. The number of aryl methyl sites for hydroxylation is 1. The van der Waals surface area contributed by atoms with Crippen molar-refractivity contribution in [3.05, 3.63) is 58.1 Å². The third kappa shape index (κ3) is 3.42. The molecule has 8 heteroatoms. The SMILES string of the molecule is CC1c2nc(C(=O)NCc3cccs3)cn2CCN1Cc1cnn(C)c1. The Morgan fingerprint density at radius 2 is 2.27 bits per heavy atom. The van der Waals surface area contributed by atoms with Crippen LogP contribution in [0.25, 0.3) is 0 Å². The summed E-state index contributed by atoms with van der Waals surface area (Å²) in [6, 6.07) is 4.16. The van der Waals surface area contributed by atoms with Crippen molar-refractivity contribution in [1.82, 2.24) is 29.5 Å². The van der Waals surface area contributed by atoms with Crippen LogP contribution in [0.1, 0.15) is 39.7 Å². The van der Waals surface area contributed by atoms with Crippen molar-refractivity contribution < 1.29 is 4.79 Å². The van der Waals surface area contributed by atoms with Gasteiger partial charge in [0.25, 0.3) is 5.91 Å². The number of rotatable bonds is 5. The first-order chi connectivity index (χ1) is 12.6. The lowest BCUT2D eigenvalue weighted by molar-refractivity contribution is 0.0946. The van der Waals surface area contributed by atoms with Gasteiger partial charge in [0.05, 0.1) is 18.8 Å². The van der Waals surface area contributed by atoms with Gasteiger partial charge < -0.3 is 9.88 Å². The molecule has 7 nitrogen and oxygen atoms in total. The number of imidazole rings is 1. The number of amides is 1. The van der Waals surface area contributed by atoms with E-state index in [0.29, 0.717) is 12.2 Å². The fraction of sp³-hybridized carbons (Fsp3) is 0.389. The Balaban J connectivity index is 1.44. The normalized spacial score (nSPS) is 17.2. The van der Waals surface area contributed by atoms with Crippen LogP contribution in [0, 0.1) is 0 Å². The number of fused-ring (bicyclic) bond motifs is 1. The predicted octanol–water partition coefficient (Wildman–Crippen LogP) is 2.18. The summed E-state index contributed by atoms with van der Waals surface area (Å²) in [7, 11) is 1.93. The molecule has 3 aromatic rings. The van der Waals surface area contributed by atoms with Crippen LogP contribution in [0.3, 0.4) is 0 Å². The Hall–Kier alpha value is -2.45. The van der Waals surface area contributed by atoms with Crippen LogP contribution in [0.2, 0.25) is 0 Å². The second-order valence-electron chi connectivity index (χ2n) is 6.61. The zero-order chi connectivity index (χ0) is 18.1. The third-order valence-corrected chi connectivity index (χ3v) is 5.61. The van der Waals surface area contributed by atoms with Crippen molar-refractivity contribution in [2.24, 2.45) is 7.05 Å². The maximum Gasteiger partial charge on any atom is 0.271 e. The molecule has 1 unspecified atom stereocenters. The molecule has 136 valence electrons. The minimum atomic E-state index is -0.119. The third-order valence-electron chi connectivity index (χ3n) is 4.74. The molecule has 0 bridgehead atoms. The van der Waals surface area contributed by atoms with Crippen LogP contribution in [0.5, 0.6) is 0 Å². The zero-order valence-corrected chi connectivity index (χ0v) is 15.7. The molecular weight excluding hydrogens is 348 g/mol. The number of hydrogen-bond donors (Lipinski definition) is 1. The quantitative estimate of drug-likeness (QED) is 0.748. The second-order valence-corrected chi connectivity index (χ2v) is 7.64. The number of aromatic nitrogens is 4. The molecule has 0 spiro atoms. The van der Waals surface area contributed by atoms with Gasteiger partial charge in [-0.15, -0.1) is 11.3 Å². The first-order valence-electron chi connectivity index (χ1n) is 8.69. The van der Waals surface area contributed by atoms with E-state index in [4.69, 9.17) is 0 Å². The Kier molecular flexibility index (Phi) is 4.60. The van der Waals surface area contributed by atoms with Gasteiger partial charge in [-0.05, 0) is 18.4 Å². The molecule has 0 radical (unpaired) electrons. The van der Waals surface area contributed by atoms with E-state index in [0.717, 1.165) is 30.3 Å². The van der Waals surface area contributed by atoms with E-state index in [9.17, 15) is 4.79 Å². The van der Waals surface area contributed by atoms with E-state index in [1.165, 1.54) is 5.56 Å². The molecule has 0 saturated carbocycles. The van der Waals surface area contributed by atoms with Gasteiger partial charge >= 0.3 is 0 Å². The molecule has 1 atom stereocenters.